The minimum Gasteiger partial charge on any atom is -0.427 e. The standard InChI is InChI=1S/C20H35BN2O2.C18H29BN2O2/c1-2-17-6-8-18(9-7-17)19-10-14-23(15-11-19)16-12-20(22)5-3-4-13-21(24)25;20-18(8-4-5-12-19(22)23)11-15-21-13-9-17(10-14-21)16-6-2-1-3-7-16/h6-9,19-20,24-25H,2-5,10-16,22H2,1H3;1-3,6-7,9,18,22-23H,4-5,8,10-15,20H2. The van der Waals surface area contributed by atoms with E-state index in [0.29, 0.717) is 18.6 Å². The molecule has 0 aromatic heterocycles. The van der Waals surface area contributed by atoms with Crippen LogP contribution in [-0.2, 0) is 6.42 Å². The maximum Gasteiger partial charge on any atom is 0.451 e. The lowest BCUT2D eigenvalue weighted by atomic mass is 9.83. The summed E-state index contributed by atoms with van der Waals surface area (Å²) >= 11 is 0. The van der Waals surface area contributed by atoms with Crippen LogP contribution in [0.1, 0.15) is 100 Å². The SMILES string of the molecule is CCc1ccc(C2CCN(CCC(N)CCCCB(O)O)CC2)cc1.NC(CCCCB(O)O)CCN1CC=C(c2ccccc2)CC1. The molecule has 8 N–H and O–H groups in total. The Hall–Kier alpha value is -2.01. The monoisotopic (exact) mass is 663 g/mol. The minimum absolute atomic E-state index is 0.213. The molecule has 0 amide bonds. The molecule has 0 aliphatic carbocycles. The normalized spacial score (nSPS) is 17.3. The number of rotatable bonds is 19. The van der Waals surface area contributed by atoms with E-state index in [1.54, 1.807) is 0 Å². The predicted octanol–water partition coefficient (Wildman–Crippen LogP) is 4.93. The summed E-state index contributed by atoms with van der Waals surface area (Å²) in [4.78, 5) is 5.01. The van der Waals surface area contributed by atoms with Crippen LogP contribution in [0.2, 0.25) is 12.6 Å². The van der Waals surface area contributed by atoms with E-state index in [4.69, 9.17) is 31.6 Å². The van der Waals surface area contributed by atoms with Gasteiger partial charge in [0.25, 0.3) is 0 Å². The maximum atomic E-state index is 8.84. The van der Waals surface area contributed by atoms with Crippen LogP contribution in [0.4, 0.5) is 0 Å². The highest BCUT2D eigenvalue weighted by atomic mass is 16.4. The Kier molecular flexibility index (Phi) is 19.7. The van der Waals surface area contributed by atoms with Gasteiger partial charge in [0, 0.05) is 25.2 Å². The van der Waals surface area contributed by atoms with Gasteiger partial charge in [-0.25, -0.2) is 0 Å². The van der Waals surface area contributed by atoms with Gasteiger partial charge in [-0.1, -0.05) is 93.3 Å². The molecule has 0 saturated carbocycles. The average molecular weight is 663 g/mol. The molecule has 2 aromatic carbocycles. The first kappa shape index (κ1) is 40.4. The molecular weight excluding hydrogens is 598 g/mol. The molecule has 0 radical (unpaired) electrons. The molecule has 2 aromatic rings. The number of nitrogens with two attached hydrogens (primary N) is 2. The maximum absolute atomic E-state index is 8.84. The van der Waals surface area contributed by atoms with Crippen molar-refractivity contribution < 1.29 is 20.1 Å². The third-order valence-corrected chi connectivity index (χ3v) is 10.1. The first-order valence-corrected chi connectivity index (χ1v) is 18.7. The van der Waals surface area contributed by atoms with E-state index >= 15 is 0 Å². The molecular formula is C38H64B2N4O4. The molecule has 266 valence electrons. The molecule has 48 heavy (non-hydrogen) atoms. The Morgan fingerprint density at radius 1 is 0.708 bits per heavy atom. The second-order valence-corrected chi connectivity index (χ2v) is 14.0. The summed E-state index contributed by atoms with van der Waals surface area (Å²) in [7, 11) is -2.35. The van der Waals surface area contributed by atoms with Gasteiger partial charge in [-0.3, -0.25) is 4.90 Å². The van der Waals surface area contributed by atoms with E-state index in [1.165, 1.54) is 48.2 Å². The van der Waals surface area contributed by atoms with E-state index in [2.05, 4.69) is 77.4 Å². The van der Waals surface area contributed by atoms with Crippen molar-refractivity contribution in [1.29, 1.82) is 0 Å². The highest BCUT2D eigenvalue weighted by Crippen LogP contribution is 2.28. The molecule has 0 spiro atoms. The van der Waals surface area contributed by atoms with Crippen molar-refractivity contribution in [2.75, 3.05) is 39.3 Å². The van der Waals surface area contributed by atoms with Gasteiger partial charge in [0.15, 0.2) is 0 Å². The molecule has 2 atom stereocenters. The van der Waals surface area contributed by atoms with Crippen LogP contribution in [0.3, 0.4) is 0 Å². The Morgan fingerprint density at radius 2 is 1.27 bits per heavy atom. The average Bonchev–Trinajstić information content (AvgIpc) is 3.11. The quantitative estimate of drug-likeness (QED) is 0.0921. The van der Waals surface area contributed by atoms with Gasteiger partial charge >= 0.3 is 14.2 Å². The smallest absolute Gasteiger partial charge is 0.427 e. The Balaban J connectivity index is 0.000000261. The zero-order chi connectivity index (χ0) is 34.6. The number of piperidine rings is 1. The van der Waals surface area contributed by atoms with Gasteiger partial charge in [0.2, 0.25) is 0 Å². The van der Waals surface area contributed by atoms with E-state index in [9.17, 15) is 0 Å². The van der Waals surface area contributed by atoms with Crippen LogP contribution in [0, 0.1) is 0 Å². The molecule has 8 nitrogen and oxygen atoms in total. The highest BCUT2D eigenvalue weighted by Gasteiger charge is 2.21. The summed E-state index contributed by atoms with van der Waals surface area (Å²) in [5.41, 5.74) is 18.1. The third kappa shape index (κ3) is 16.6. The zero-order valence-electron chi connectivity index (χ0n) is 29.6. The summed E-state index contributed by atoms with van der Waals surface area (Å²) in [6.45, 7) is 8.78. The predicted molar refractivity (Wildman–Crippen MR) is 203 cm³/mol. The van der Waals surface area contributed by atoms with Gasteiger partial charge in [-0.15, -0.1) is 0 Å². The number of aryl methyl sites for hydroxylation is 1. The van der Waals surface area contributed by atoms with E-state index in [1.807, 2.05) is 0 Å². The van der Waals surface area contributed by atoms with Crippen molar-refractivity contribution in [3.05, 3.63) is 77.4 Å². The summed E-state index contributed by atoms with van der Waals surface area (Å²) in [6, 6.07) is 20.2. The number of hydrogen-bond donors (Lipinski definition) is 6. The van der Waals surface area contributed by atoms with Gasteiger partial charge in [-0.2, -0.15) is 0 Å². The number of benzene rings is 2. The number of hydrogen-bond acceptors (Lipinski definition) is 8. The van der Waals surface area contributed by atoms with Crippen molar-refractivity contribution in [1.82, 2.24) is 9.80 Å². The van der Waals surface area contributed by atoms with Crippen LogP contribution in [0.15, 0.2) is 60.7 Å². The highest BCUT2D eigenvalue weighted by molar-refractivity contribution is 6.41. The number of unbranched alkanes of at least 4 members (excludes halogenated alkanes) is 2. The molecule has 2 aliphatic rings. The Labute approximate surface area is 291 Å². The van der Waals surface area contributed by atoms with E-state index in [0.717, 1.165) is 90.4 Å². The fourth-order valence-corrected chi connectivity index (χ4v) is 6.80. The van der Waals surface area contributed by atoms with Crippen LogP contribution in [0.5, 0.6) is 0 Å². The summed E-state index contributed by atoms with van der Waals surface area (Å²) in [5, 5.41) is 35.3. The Morgan fingerprint density at radius 3 is 1.77 bits per heavy atom. The van der Waals surface area contributed by atoms with Crippen molar-refractivity contribution in [3.63, 3.8) is 0 Å². The first-order chi connectivity index (χ1) is 23.2. The topological polar surface area (TPSA) is 139 Å². The summed E-state index contributed by atoms with van der Waals surface area (Å²) < 4.78 is 0. The van der Waals surface area contributed by atoms with Crippen LogP contribution >= 0.6 is 0 Å². The molecule has 2 unspecified atom stereocenters. The minimum atomic E-state index is -1.18. The van der Waals surface area contributed by atoms with E-state index in [-0.39, 0.29) is 12.1 Å². The third-order valence-electron chi connectivity index (χ3n) is 10.1. The van der Waals surface area contributed by atoms with Gasteiger partial charge in [0.1, 0.15) is 0 Å². The molecule has 4 rings (SSSR count). The van der Waals surface area contributed by atoms with Crippen molar-refractivity contribution in [2.24, 2.45) is 11.5 Å². The van der Waals surface area contributed by atoms with Crippen LogP contribution in [-0.4, -0.2) is 95.5 Å². The number of nitrogens with zero attached hydrogens (tertiary/aromatic N) is 2. The van der Waals surface area contributed by atoms with Crippen molar-refractivity contribution in [2.45, 2.75) is 115 Å². The Bertz CT molecular complexity index is 1130. The fourth-order valence-electron chi connectivity index (χ4n) is 6.80. The second-order valence-electron chi connectivity index (χ2n) is 14.0. The molecule has 10 heteroatoms. The molecule has 1 saturated heterocycles. The lowest BCUT2D eigenvalue weighted by Crippen LogP contribution is -2.36. The van der Waals surface area contributed by atoms with Gasteiger partial charge in [0.05, 0.1) is 0 Å². The van der Waals surface area contributed by atoms with Crippen molar-refractivity contribution >= 4 is 19.8 Å². The molecule has 2 aliphatic heterocycles. The van der Waals surface area contributed by atoms with Gasteiger partial charge < -0.3 is 36.5 Å². The van der Waals surface area contributed by atoms with Crippen LogP contribution < -0.4 is 11.5 Å². The van der Waals surface area contributed by atoms with Gasteiger partial charge in [-0.05, 0) is 118 Å². The fraction of sp³-hybridized carbons (Fsp3) is 0.632. The summed E-state index contributed by atoms with van der Waals surface area (Å²) in [5.74, 6) is 0.709. The van der Waals surface area contributed by atoms with Crippen LogP contribution in [0.25, 0.3) is 5.57 Å². The van der Waals surface area contributed by atoms with Crippen molar-refractivity contribution in [3.8, 4) is 0 Å². The molecule has 2 heterocycles. The molecule has 1 fully saturated rings. The lowest BCUT2D eigenvalue weighted by Gasteiger charge is -2.32. The number of likely N-dealkylation sites (tertiary alicyclic amines) is 1. The summed E-state index contributed by atoms with van der Waals surface area (Å²) in [6.07, 6.45) is 15.6. The van der Waals surface area contributed by atoms with E-state index < -0.39 is 14.2 Å². The first-order valence-electron chi connectivity index (χ1n) is 18.7. The lowest BCUT2D eigenvalue weighted by molar-refractivity contribution is 0.204. The largest absolute Gasteiger partial charge is 0.451 e. The zero-order valence-corrected chi connectivity index (χ0v) is 29.6. The molecule has 0 bridgehead atoms. The second kappa shape index (κ2) is 23.4.